The van der Waals surface area contributed by atoms with Gasteiger partial charge in [0.15, 0.2) is 0 Å². The molecule has 1 aromatic heterocycles. The van der Waals surface area contributed by atoms with Crippen molar-refractivity contribution in [2.75, 3.05) is 17.7 Å². The van der Waals surface area contributed by atoms with E-state index in [9.17, 15) is 9.59 Å². The van der Waals surface area contributed by atoms with Crippen molar-refractivity contribution in [3.05, 3.63) is 75.8 Å². The van der Waals surface area contributed by atoms with Gasteiger partial charge in [0.05, 0.1) is 7.11 Å². The molecule has 7 nitrogen and oxygen atoms in total. The SMILES string of the molecule is COc1cc(NC(=O)c2ccc(Cl)cc2)nc(NC(=O)c2ccc(Cl)cc2)n1. The van der Waals surface area contributed by atoms with Crippen LogP contribution in [0.5, 0.6) is 5.88 Å². The molecular formula is C19H14Cl2N4O3. The summed E-state index contributed by atoms with van der Waals surface area (Å²) in [7, 11) is 1.41. The Bertz CT molecular complexity index is 931. The molecule has 0 fully saturated rings. The van der Waals surface area contributed by atoms with Gasteiger partial charge in [0.1, 0.15) is 5.82 Å². The molecule has 0 aliphatic carbocycles. The summed E-state index contributed by atoms with van der Waals surface area (Å²) in [4.78, 5) is 32.9. The van der Waals surface area contributed by atoms with Crippen LogP contribution in [0.15, 0.2) is 54.6 Å². The number of hydrogen-bond donors (Lipinski definition) is 2. The minimum absolute atomic E-state index is 0.0225. The van der Waals surface area contributed by atoms with Gasteiger partial charge in [-0.2, -0.15) is 9.97 Å². The first-order valence-electron chi connectivity index (χ1n) is 8.01. The topological polar surface area (TPSA) is 93.2 Å². The highest BCUT2D eigenvalue weighted by atomic mass is 35.5. The largest absolute Gasteiger partial charge is 0.481 e. The Kier molecular flexibility index (Phi) is 6.08. The lowest BCUT2D eigenvalue weighted by Gasteiger charge is -2.10. The molecule has 2 N–H and O–H groups in total. The minimum Gasteiger partial charge on any atom is -0.481 e. The van der Waals surface area contributed by atoms with Crippen molar-refractivity contribution >= 4 is 46.8 Å². The molecule has 0 bridgehead atoms. The van der Waals surface area contributed by atoms with E-state index in [1.807, 2.05) is 0 Å². The van der Waals surface area contributed by atoms with Crippen molar-refractivity contribution in [2.45, 2.75) is 0 Å². The van der Waals surface area contributed by atoms with Crippen LogP contribution in [-0.2, 0) is 0 Å². The zero-order valence-corrected chi connectivity index (χ0v) is 16.1. The van der Waals surface area contributed by atoms with E-state index in [1.54, 1.807) is 48.5 Å². The molecule has 0 unspecified atom stereocenters. The predicted octanol–water partition coefficient (Wildman–Crippen LogP) is 4.30. The van der Waals surface area contributed by atoms with Crippen molar-refractivity contribution in [1.29, 1.82) is 0 Å². The normalized spacial score (nSPS) is 10.2. The third-order valence-corrected chi connectivity index (χ3v) is 4.10. The zero-order chi connectivity index (χ0) is 20.1. The van der Waals surface area contributed by atoms with Crippen LogP contribution in [0.2, 0.25) is 10.0 Å². The maximum Gasteiger partial charge on any atom is 0.258 e. The van der Waals surface area contributed by atoms with Gasteiger partial charge >= 0.3 is 0 Å². The average molecular weight is 417 g/mol. The molecule has 0 radical (unpaired) electrons. The number of methoxy groups -OCH3 is 1. The number of amides is 2. The first-order valence-corrected chi connectivity index (χ1v) is 8.77. The van der Waals surface area contributed by atoms with Crippen LogP contribution in [-0.4, -0.2) is 28.9 Å². The van der Waals surface area contributed by atoms with Crippen LogP contribution in [0.1, 0.15) is 20.7 Å². The van der Waals surface area contributed by atoms with Crippen LogP contribution < -0.4 is 15.4 Å². The van der Waals surface area contributed by atoms with Crippen LogP contribution in [0.25, 0.3) is 0 Å². The van der Waals surface area contributed by atoms with Crippen molar-refractivity contribution in [3.8, 4) is 5.88 Å². The van der Waals surface area contributed by atoms with Crippen LogP contribution in [0.3, 0.4) is 0 Å². The summed E-state index contributed by atoms with van der Waals surface area (Å²) in [5, 5.41) is 6.23. The van der Waals surface area contributed by atoms with Gasteiger partial charge in [-0.05, 0) is 48.5 Å². The lowest BCUT2D eigenvalue weighted by Crippen LogP contribution is -2.17. The van der Waals surface area contributed by atoms with Gasteiger partial charge in [-0.3, -0.25) is 14.9 Å². The number of benzene rings is 2. The second kappa shape index (κ2) is 8.69. The van der Waals surface area contributed by atoms with E-state index in [2.05, 4.69) is 20.6 Å². The molecule has 0 spiro atoms. The number of halogens is 2. The molecule has 3 rings (SSSR count). The fourth-order valence-corrected chi connectivity index (χ4v) is 2.47. The number of aromatic nitrogens is 2. The lowest BCUT2D eigenvalue weighted by molar-refractivity contribution is 0.101. The Hall–Kier alpha value is -3.16. The Morgan fingerprint density at radius 3 is 1.82 bits per heavy atom. The smallest absolute Gasteiger partial charge is 0.258 e. The highest BCUT2D eigenvalue weighted by molar-refractivity contribution is 6.31. The van der Waals surface area contributed by atoms with E-state index in [1.165, 1.54) is 13.2 Å². The molecule has 3 aromatic rings. The standard InChI is InChI=1S/C19H14Cl2N4O3/c1-28-16-10-15(22-17(26)11-2-6-13(20)7-3-11)23-19(24-16)25-18(27)12-4-8-14(21)9-5-12/h2-10H,1H3,(H2,22,23,24,25,26,27). The van der Waals surface area contributed by atoms with E-state index in [0.717, 1.165) is 0 Å². The van der Waals surface area contributed by atoms with E-state index >= 15 is 0 Å². The highest BCUT2D eigenvalue weighted by Crippen LogP contribution is 2.18. The van der Waals surface area contributed by atoms with Crippen molar-refractivity contribution in [1.82, 2.24) is 9.97 Å². The summed E-state index contributed by atoms with van der Waals surface area (Å²) >= 11 is 11.7. The molecule has 9 heteroatoms. The molecule has 0 aliphatic heterocycles. The Balaban J connectivity index is 1.79. The quantitative estimate of drug-likeness (QED) is 0.646. The Labute approximate surface area is 170 Å². The third-order valence-electron chi connectivity index (χ3n) is 3.59. The lowest BCUT2D eigenvalue weighted by atomic mass is 10.2. The number of carbonyl (C=O) groups excluding carboxylic acids is 2. The van der Waals surface area contributed by atoms with Gasteiger partial charge in [-0.25, -0.2) is 0 Å². The van der Waals surface area contributed by atoms with E-state index in [0.29, 0.717) is 21.2 Å². The molecule has 2 aromatic carbocycles. The maximum atomic E-state index is 12.4. The number of rotatable bonds is 5. The van der Waals surface area contributed by atoms with Gasteiger partial charge in [-0.15, -0.1) is 0 Å². The monoisotopic (exact) mass is 416 g/mol. The van der Waals surface area contributed by atoms with Crippen molar-refractivity contribution < 1.29 is 14.3 Å². The van der Waals surface area contributed by atoms with Crippen LogP contribution in [0, 0.1) is 0 Å². The summed E-state index contributed by atoms with van der Waals surface area (Å²) in [6, 6.07) is 14.2. The van der Waals surface area contributed by atoms with E-state index < -0.39 is 11.8 Å². The van der Waals surface area contributed by atoms with E-state index in [-0.39, 0.29) is 17.6 Å². The third kappa shape index (κ3) is 4.97. The Morgan fingerprint density at radius 2 is 1.32 bits per heavy atom. The number of nitrogens with zero attached hydrogens (tertiary/aromatic N) is 2. The average Bonchev–Trinajstić information content (AvgIpc) is 2.68. The Morgan fingerprint density at radius 1 is 0.821 bits per heavy atom. The van der Waals surface area contributed by atoms with Crippen LogP contribution >= 0.6 is 23.2 Å². The molecule has 142 valence electrons. The predicted molar refractivity (Wildman–Crippen MR) is 107 cm³/mol. The molecule has 0 saturated carbocycles. The second-order valence-corrected chi connectivity index (χ2v) is 6.41. The summed E-state index contributed by atoms with van der Waals surface area (Å²) in [6.07, 6.45) is 0. The number of nitrogens with one attached hydrogen (secondary N) is 2. The highest BCUT2D eigenvalue weighted by Gasteiger charge is 2.13. The van der Waals surface area contributed by atoms with Gasteiger partial charge in [0.2, 0.25) is 11.8 Å². The second-order valence-electron chi connectivity index (χ2n) is 5.54. The molecular weight excluding hydrogens is 403 g/mol. The van der Waals surface area contributed by atoms with Gasteiger partial charge in [0, 0.05) is 27.2 Å². The minimum atomic E-state index is -0.431. The summed E-state index contributed by atoms with van der Waals surface area (Å²) in [5.74, 6) is -0.510. The first kappa shape index (κ1) is 19.6. The summed E-state index contributed by atoms with van der Waals surface area (Å²) in [5.41, 5.74) is 0.774. The molecule has 1 heterocycles. The molecule has 0 aliphatic rings. The molecule has 28 heavy (non-hydrogen) atoms. The number of anilines is 2. The number of ether oxygens (including phenoxy) is 1. The fourth-order valence-electron chi connectivity index (χ4n) is 2.21. The van der Waals surface area contributed by atoms with Crippen molar-refractivity contribution in [2.24, 2.45) is 0 Å². The molecule has 0 saturated heterocycles. The molecule has 0 atom stereocenters. The zero-order valence-electron chi connectivity index (χ0n) is 14.6. The van der Waals surface area contributed by atoms with E-state index in [4.69, 9.17) is 27.9 Å². The summed E-state index contributed by atoms with van der Waals surface area (Å²) < 4.78 is 5.11. The van der Waals surface area contributed by atoms with Gasteiger partial charge < -0.3 is 10.1 Å². The van der Waals surface area contributed by atoms with Gasteiger partial charge in [-0.1, -0.05) is 23.2 Å². The number of hydrogen-bond acceptors (Lipinski definition) is 5. The van der Waals surface area contributed by atoms with Gasteiger partial charge in [0.25, 0.3) is 11.8 Å². The van der Waals surface area contributed by atoms with Crippen LogP contribution in [0.4, 0.5) is 11.8 Å². The fraction of sp³-hybridized carbons (Fsp3) is 0.0526. The van der Waals surface area contributed by atoms with Crippen molar-refractivity contribution in [3.63, 3.8) is 0 Å². The maximum absolute atomic E-state index is 12.4. The first-order chi connectivity index (χ1) is 13.4. The summed E-state index contributed by atoms with van der Waals surface area (Å²) in [6.45, 7) is 0. The molecule has 2 amide bonds. The number of carbonyl (C=O) groups is 2.